The molecule has 42 heavy (non-hydrogen) atoms. The molecule has 0 radical (unpaired) electrons. The van der Waals surface area contributed by atoms with E-state index in [9.17, 15) is 9.59 Å². The number of thioether (sulfide) groups is 1. The van der Waals surface area contributed by atoms with Crippen LogP contribution >= 0.6 is 11.8 Å². The third kappa shape index (κ3) is 7.35. The number of rotatable bonds is 10. The summed E-state index contributed by atoms with van der Waals surface area (Å²) in [5.74, 6) is 0.647. The molecule has 218 valence electrons. The molecule has 4 aromatic rings. The van der Waals surface area contributed by atoms with Crippen LogP contribution in [0, 0.1) is 0 Å². The molecule has 1 aromatic heterocycles. The van der Waals surface area contributed by atoms with Gasteiger partial charge in [0.05, 0.1) is 26.2 Å². The molecule has 11 heteroatoms. The Morgan fingerprint density at radius 2 is 1.62 bits per heavy atom. The van der Waals surface area contributed by atoms with Crippen molar-refractivity contribution in [3.8, 4) is 34.3 Å². The second-order valence-electron chi connectivity index (χ2n) is 10.2. The molecule has 0 atom stereocenters. The molecular weight excluding hydrogens is 554 g/mol. The van der Waals surface area contributed by atoms with Crippen LogP contribution in [0.4, 0.5) is 0 Å². The number of para-hydroxylation sites is 1. The van der Waals surface area contributed by atoms with E-state index in [-0.39, 0.29) is 34.3 Å². The van der Waals surface area contributed by atoms with E-state index in [1.807, 2.05) is 47.0 Å². The summed E-state index contributed by atoms with van der Waals surface area (Å²) in [4.78, 5) is 24.1. The van der Waals surface area contributed by atoms with Crippen LogP contribution in [0.5, 0.6) is 17.2 Å². The average molecular weight is 588 g/mol. The minimum Gasteiger partial charge on any atom is -0.493 e. The maximum atomic E-state index is 12.7. The smallest absolute Gasteiger partial charge is 0.308 e. The van der Waals surface area contributed by atoms with Crippen LogP contribution in [-0.2, 0) is 15.0 Å². The van der Waals surface area contributed by atoms with E-state index in [1.54, 1.807) is 12.1 Å². The quantitative estimate of drug-likeness (QED) is 0.0860. The Morgan fingerprint density at radius 1 is 0.976 bits per heavy atom. The van der Waals surface area contributed by atoms with Crippen LogP contribution in [0.1, 0.15) is 38.8 Å². The lowest BCUT2D eigenvalue weighted by Gasteiger charge is -2.19. The molecule has 0 aliphatic rings. The van der Waals surface area contributed by atoms with Crippen LogP contribution < -0.4 is 19.6 Å². The summed E-state index contributed by atoms with van der Waals surface area (Å²) in [6.07, 6.45) is 1.44. The number of carbonyl (C=O) groups excluding carboxylic acids is 2. The van der Waals surface area contributed by atoms with Gasteiger partial charge in [-0.05, 0) is 35.2 Å². The third-order valence-electron chi connectivity index (χ3n) is 6.12. The van der Waals surface area contributed by atoms with Crippen LogP contribution in [0.25, 0.3) is 17.1 Å². The zero-order valence-electron chi connectivity index (χ0n) is 24.4. The first kappa shape index (κ1) is 30.3. The molecule has 4 rings (SSSR count). The standard InChI is InChI=1S/C31H33N5O5S/c1-20(37)41-28-25(39-5)16-21(17-26(28)40-6)18-32-33-27(38)19-42-30-35-34-29(36(30)24-10-8-7-9-11-24)22-12-14-23(15-13-22)31(2,3)4/h7-18H,19H2,1-6H3,(H,33,38)/b32-18+. The number of hydrogen-bond acceptors (Lipinski definition) is 9. The largest absolute Gasteiger partial charge is 0.493 e. The number of aromatic nitrogens is 3. The van der Waals surface area contributed by atoms with Gasteiger partial charge >= 0.3 is 5.97 Å². The number of hydrazone groups is 1. The molecule has 1 heterocycles. The zero-order chi connectivity index (χ0) is 30.3. The van der Waals surface area contributed by atoms with E-state index >= 15 is 0 Å². The molecular formula is C31H33N5O5S. The first-order valence-electron chi connectivity index (χ1n) is 13.1. The summed E-state index contributed by atoms with van der Waals surface area (Å²) in [5, 5.41) is 13.5. The van der Waals surface area contributed by atoms with Crippen molar-refractivity contribution >= 4 is 29.9 Å². The topological polar surface area (TPSA) is 117 Å². The highest BCUT2D eigenvalue weighted by atomic mass is 32.2. The number of benzene rings is 3. The van der Waals surface area contributed by atoms with Crippen molar-refractivity contribution in [3.63, 3.8) is 0 Å². The van der Waals surface area contributed by atoms with E-state index in [4.69, 9.17) is 14.2 Å². The highest BCUT2D eigenvalue weighted by molar-refractivity contribution is 7.99. The Morgan fingerprint density at radius 3 is 2.19 bits per heavy atom. The van der Waals surface area contributed by atoms with Gasteiger partial charge in [0, 0.05) is 23.7 Å². The van der Waals surface area contributed by atoms with Gasteiger partial charge < -0.3 is 14.2 Å². The second-order valence-corrected chi connectivity index (χ2v) is 11.2. The van der Waals surface area contributed by atoms with Gasteiger partial charge in [-0.2, -0.15) is 5.10 Å². The van der Waals surface area contributed by atoms with Crippen molar-refractivity contribution in [1.29, 1.82) is 0 Å². The van der Waals surface area contributed by atoms with Gasteiger partial charge in [-0.25, -0.2) is 5.43 Å². The summed E-state index contributed by atoms with van der Waals surface area (Å²) in [5.41, 5.74) is 6.16. The molecule has 1 N–H and O–H groups in total. The Kier molecular flexibility index (Phi) is 9.64. The van der Waals surface area contributed by atoms with Crippen molar-refractivity contribution in [2.45, 2.75) is 38.3 Å². The van der Waals surface area contributed by atoms with Crippen molar-refractivity contribution in [3.05, 3.63) is 77.9 Å². The van der Waals surface area contributed by atoms with Gasteiger partial charge in [0.25, 0.3) is 5.91 Å². The molecule has 0 spiro atoms. The first-order chi connectivity index (χ1) is 20.1. The summed E-state index contributed by atoms with van der Waals surface area (Å²) >= 11 is 1.25. The zero-order valence-corrected chi connectivity index (χ0v) is 25.2. The predicted octanol–water partition coefficient (Wildman–Crippen LogP) is 5.42. The Balaban J connectivity index is 1.49. The highest BCUT2D eigenvalue weighted by Gasteiger charge is 2.19. The van der Waals surface area contributed by atoms with Gasteiger partial charge in [0.2, 0.25) is 5.75 Å². The summed E-state index contributed by atoms with van der Waals surface area (Å²) in [6, 6.07) is 21.3. The number of hydrogen-bond donors (Lipinski definition) is 1. The summed E-state index contributed by atoms with van der Waals surface area (Å²) in [7, 11) is 2.89. The SMILES string of the molecule is COc1cc(/C=N/NC(=O)CSc2nnc(-c3ccc(C(C)(C)C)cc3)n2-c2ccccc2)cc(OC)c1OC(C)=O. The fourth-order valence-electron chi connectivity index (χ4n) is 4.04. The molecule has 0 saturated carbocycles. The number of carbonyl (C=O) groups is 2. The van der Waals surface area contributed by atoms with Crippen LogP contribution in [0.15, 0.2) is 77.0 Å². The van der Waals surface area contributed by atoms with Crippen LogP contribution in [0.2, 0.25) is 0 Å². The molecule has 0 saturated heterocycles. The normalized spacial score (nSPS) is 11.4. The minimum atomic E-state index is -0.508. The van der Waals surface area contributed by atoms with Gasteiger partial charge in [-0.15, -0.1) is 10.2 Å². The van der Waals surface area contributed by atoms with Gasteiger partial charge in [-0.1, -0.05) is 75.0 Å². The van der Waals surface area contributed by atoms with E-state index in [0.717, 1.165) is 11.3 Å². The maximum Gasteiger partial charge on any atom is 0.308 e. The molecule has 1 amide bonds. The maximum absolute atomic E-state index is 12.7. The molecule has 0 fully saturated rings. The Bertz CT molecular complexity index is 1550. The third-order valence-corrected chi connectivity index (χ3v) is 7.05. The lowest BCUT2D eigenvalue weighted by atomic mass is 9.87. The molecule has 0 bridgehead atoms. The molecule has 10 nitrogen and oxygen atoms in total. The van der Waals surface area contributed by atoms with Crippen LogP contribution in [0.3, 0.4) is 0 Å². The number of nitrogens with zero attached hydrogens (tertiary/aromatic N) is 4. The number of esters is 1. The van der Waals surface area contributed by atoms with Gasteiger partial charge in [-0.3, -0.25) is 14.2 Å². The highest BCUT2D eigenvalue weighted by Crippen LogP contribution is 2.38. The number of ether oxygens (including phenoxy) is 3. The predicted molar refractivity (Wildman–Crippen MR) is 163 cm³/mol. The van der Waals surface area contributed by atoms with E-state index < -0.39 is 5.97 Å². The van der Waals surface area contributed by atoms with Crippen molar-refractivity contribution in [2.75, 3.05) is 20.0 Å². The van der Waals surface area contributed by atoms with Crippen LogP contribution in [-0.4, -0.2) is 52.8 Å². The van der Waals surface area contributed by atoms with Crippen molar-refractivity contribution in [1.82, 2.24) is 20.2 Å². The fraction of sp³-hybridized carbons (Fsp3) is 0.258. The number of nitrogens with one attached hydrogen (secondary N) is 1. The summed E-state index contributed by atoms with van der Waals surface area (Å²) < 4.78 is 17.8. The van der Waals surface area contributed by atoms with E-state index in [0.29, 0.717) is 16.5 Å². The number of methoxy groups -OCH3 is 2. The Hall–Kier alpha value is -4.64. The van der Waals surface area contributed by atoms with Gasteiger partial charge in [0.15, 0.2) is 22.5 Å². The summed E-state index contributed by atoms with van der Waals surface area (Å²) in [6.45, 7) is 7.81. The number of amides is 1. The Labute approximate surface area is 249 Å². The minimum absolute atomic E-state index is 0.0357. The molecule has 0 aliphatic carbocycles. The molecule has 0 unspecified atom stereocenters. The monoisotopic (exact) mass is 587 g/mol. The molecule has 3 aromatic carbocycles. The lowest BCUT2D eigenvalue weighted by molar-refractivity contribution is -0.132. The van der Waals surface area contributed by atoms with Crippen molar-refractivity contribution < 1.29 is 23.8 Å². The van der Waals surface area contributed by atoms with Gasteiger partial charge in [0.1, 0.15) is 0 Å². The molecule has 0 aliphatic heterocycles. The van der Waals surface area contributed by atoms with E-state index in [2.05, 4.69) is 53.6 Å². The van der Waals surface area contributed by atoms with Crippen molar-refractivity contribution in [2.24, 2.45) is 5.10 Å². The van der Waals surface area contributed by atoms with E-state index in [1.165, 1.54) is 44.7 Å². The average Bonchev–Trinajstić information content (AvgIpc) is 3.40. The lowest BCUT2D eigenvalue weighted by Crippen LogP contribution is -2.20. The second kappa shape index (κ2) is 13.3. The first-order valence-corrected chi connectivity index (χ1v) is 14.1. The fourth-order valence-corrected chi connectivity index (χ4v) is 4.78.